The van der Waals surface area contributed by atoms with Gasteiger partial charge >= 0.3 is 0 Å². The zero-order chi connectivity index (χ0) is 20.1. The number of hydrogen-bond acceptors (Lipinski definition) is 4. The number of fused-ring (bicyclic) bond motifs is 1. The number of ether oxygens (including phenoxy) is 1. The molecule has 148 valence electrons. The molecule has 1 aliphatic heterocycles. The van der Waals surface area contributed by atoms with Crippen LogP contribution in [0.4, 0.5) is 11.4 Å². The van der Waals surface area contributed by atoms with Gasteiger partial charge in [0.25, 0.3) is 10.0 Å². The highest BCUT2D eigenvalue weighted by atomic mass is 79.9. The van der Waals surface area contributed by atoms with Gasteiger partial charge in [-0.3, -0.25) is 9.10 Å². The monoisotopic (exact) mass is 464 g/mol. The van der Waals surface area contributed by atoms with Crippen LogP contribution < -0.4 is 13.9 Å². The number of methoxy groups -OCH3 is 1. The van der Waals surface area contributed by atoms with E-state index in [0.29, 0.717) is 28.1 Å². The molecule has 1 amide bonds. The minimum Gasteiger partial charge on any atom is -0.497 e. The lowest BCUT2D eigenvalue weighted by Crippen LogP contribution is -2.31. The second-order valence-corrected chi connectivity index (χ2v) is 9.89. The summed E-state index contributed by atoms with van der Waals surface area (Å²) >= 11 is 3.42. The summed E-state index contributed by atoms with van der Waals surface area (Å²) in [6.45, 7) is 0.606. The van der Waals surface area contributed by atoms with Gasteiger partial charge < -0.3 is 9.64 Å². The van der Waals surface area contributed by atoms with Crippen molar-refractivity contribution in [2.45, 2.75) is 24.2 Å². The Morgan fingerprint density at radius 1 is 1.21 bits per heavy atom. The maximum absolute atomic E-state index is 13.3. The zero-order valence-electron chi connectivity index (χ0n) is 15.7. The number of rotatable bonds is 5. The number of anilines is 2. The first-order chi connectivity index (χ1) is 13.3. The van der Waals surface area contributed by atoms with Crippen molar-refractivity contribution >= 4 is 43.2 Å². The number of nitrogens with zero attached hydrogens (tertiary/aromatic N) is 2. The summed E-state index contributed by atoms with van der Waals surface area (Å²) in [4.78, 5) is 14.5. The minimum absolute atomic E-state index is 0.0941. The fraction of sp³-hybridized carbons (Fsp3) is 0.350. The Labute approximate surface area is 173 Å². The normalized spacial score (nSPS) is 16.0. The Hall–Kier alpha value is -2.06. The highest BCUT2D eigenvalue weighted by molar-refractivity contribution is 9.10. The van der Waals surface area contributed by atoms with E-state index in [4.69, 9.17) is 4.74 Å². The third-order valence-corrected chi connectivity index (χ3v) is 8.04. The highest BCUT2D eigenvalue weighted by Gasteiger charge is 2.37. The minimum atomic E-state index is -3.81. The second-order valence-electron chi connectivity index (χ2n) is 7.10. The van der Waals surface area contributed by atoms with Gasteiger partial charge in [-0.15, -0.1) is 0 Å². The Bertz CT molecular complexity index is 1030. The predicted octanol–water partition coefficient (Wildman–Crippen LogP) is 3.58. The number of sulfonamides is 1. The van der Waals surface area contributed by atoms with Gasteiger partial charge in [-0.2, -0.15) is 0 Å². The lowest BCUT2D eigenvalue weighted by molar-refractivity contribution is -0.119. The maximum Gasteiger partial charge on any atom is 0.265 e. The van der Waals surface area contributed by atoms with Gasteiger partial charge in [0.15, 0.2) is 0 Å². The molecule has 4 rings (SSSR count). The van der Waals surface area contributed by atoms with E-state index in [0.717, 1.165) is 24.8 Å². The average molecular weight is 465 g/mol. The molecule has 2 aromatic rings. The van der Waals surface area contributed by atoms with Gasteiger partial charge in [0, 0.05) is 29.7 Å². The van der Waals surface area contributed by atoms with Crippen LogP contribution in [0.2, 0.25) is 0 Å². The van der Waals surface area contributed by atoms with Crippen LogP contribution in [0, 0.1) is 5.92 Å². The molecule has 8 heteroatoms. The number of carbonyl (C=O) groups is 1. The standard InChI is InChI=1S/C20H21BrN2O4S/c1-22(15-5-7-16(27-2)8-6-15)28(25,26)19-12-18-14(11-17(19)21)9-10-23(18)20(24)13-3-4-13/h5-8,11-13H,3-4,9-10H2,1-2H3. The summed E-state index contributed by atoms with van der Waals surface area (Å²) in [5, 5.41) is 0. The fourth-order valence-corrected chi connectivity index (χ4v) is 5.71. The molecule has 1 aliphatic carbocycles. The Morgan fingerprint density at radius 2 is 1.89 bits per heavy atom. The molecule has 6 nitrogen and oxygen atoms in total. The molecule has 0 atom stereocenters. The average Bonchev–Trinajstić information content (AvgIpc) is 3.46. The number of carbonyl (C=O) groups excluding carboxylic acids is 1. The quantitative estimate of drug-likeness (QED) is 0.677. The van der Waals surface area contributed by atoms with E-state index in [2.05, 4.69) is 15.9 Å². The Morgan fingerprint density at radius 3 is 2.50 bits per heavy atom. The van der Waals surface area contributed by atoms with E-state index in [1.54, 1.807) is 42.3 Å². The Kier molecular flexibility index (Phi) is 4.87. The maximum atomic E-state index is 13.3. The van der Waals surface area contributed by atoms with Crippen molar-refractivity contribution in [1.82, 2.24) is 0 Å². The van der Waals surface area contributed by atoms with E-state index in [1.165, 1.54) is 11.4 Å². The summed E-state index contributed by atoms with van der Waals surface area (Å²) in [6, 6.07) is 10.3. The van der Waals surface area contributed by atoms with Crippen molar-refractivity contribution in [3.63, 3.8) is 0 Å². The predicted molar refractivity (Wildman–Crippen MR) is 112 cm³/mol. The first kappa shape index (κ1) is 19.3. The van der Waals surface area contributed by atoms with Crippen molar-refractivity contribution < 1.29 is 17.9 Å². The molecule has 0 saturated heterocycles. The Balaban J connectivity index is 1.71. The van der Waals surface area contributed by atoms with Crippen molar-refractivity contribution in [1.29, 1.82) is 0 Å². The molecule has 1 heterocycles. The van der Waals surface area contributed by atoms with Crippen LogP contribution in [0.15, 0.2) is 45.8 Å². The molecule has 0 spiro atoms. The van der Waals surface area contributed by atoms with Crippen molar-refractivity contribution in [3.05, 3.63) is 46.4 Å². The topological polar surface area (TPSA) is 66.9 Å². The first-order valence-corrected chi connectivity index (χ1v) is 11.3. The van der Waals surface area contributed by atoms with Crippen LogP contribution in [0.5, 0.6) is 5.75 Å². The molecule has 0 unspecified atom stereocenters. The molecule has 2 aliphatic rings. The third-order valence-electron chi connectivity index (χ3n) is 5.30. The molecule has 0 N–H and O–H groups in total. The van der Waals surface area contributed by atoms with Gasteiger partial charge in [-0.05, 0) is 77.2 Å². The molecule has 2 aromatic carbocycles. The zero-order valence-corrected chi connectivity index (χ0v) is 18.1. The van der Waals surface area contributed by atoms with E-state index < -0.39 is 10.0 Å². The molecule has 28 heavy (non-hydrogen) atoms. The molecule has 0 aromatic heterocycles. The molecule has 0 bridgehead atoms. The molecule has 0 radical (unpaired) electrons. The van der Waals surface area contributed by atoms with E-state index in [1.807, 2.05) is 6.07 Å². The SMILES string of the molecule is COc1ccc(N(C)S(=O)(=O)c2cc3c(cc2Br)CCN3C(=O)C2CC2)cc1. The lowest BCUT2D eigenvalue weighted by atomic mass is 10.2. The number of amides is 1. The van der Waals surface area contributed by atoms with Crippen LogP contribution in [-0.4, -0.2) is 35.0 Å². The van der Waals surface area contributed by atoms with Crippen LogP contribution in [0.3, 0.4) is 0 Å². The smallest absolute Gasteiger partial charge is 0.265 e. The number of hydrogen-bond donors (Lipinski definition) is 0. The lowest BCUT2D eigenvalue weighted by Gasteiger charge is -2.22. The van der Waals surface area contributed by atoms with E-state index in [9.17, 15) is 13.2 Å². The van der Waals surface area contributed by atoms with Crippen LogP contribution in [0.1, 0.15) is 18.4 Å². The van der Waals surface area contributed by atoms with E-state index in [-0.39, 0.29) is 16.7 Å². The highest BCUT2D eigenvalue weighted by Crippen LogP contribution is 2.40. The van der Waals surface area contributed by atoms with Crippen molar-refractivity contribution in [2.75, 3.05) is 29.9 Å². The van der Waals surface area contributed by atoms with Gasteiger partial charge in [-0.1, -0.05) is 0 Å². The van der Waals surface area contributed by atoms with Crippen molar-refractivity contribution in [2.24, 2.45) is 5.92 Å². The number of halogens is 1. The summed E-state index contributed by atoms with van der Waals surface area (Å²) in [7, 11) is -0.731. The second kappa shape index (κ2) is 7.08. The first-order valence-electron chi connectivity index (χ1n) is 9.09. The van der Waals surface area contributed by atoms with Crippen molar-refractivity contribution in [3.8, 4) is 5.75 Å². The summed E-state index contributed by atoms with van der Waals surface area (Å²) in [5.74, 6) is 0.854. The van der Waals surface area contributed by atoms with Crippen LogP contribution in [-0.2, 0) is 21.2 Å². The van der Waals surface area contributed by atoms with Crippen LogP contribution >= 0.6 is 15.9 Å². The fourth-order valence-electron chi connectivity index (χ4n) is 3.44. The number of benzene rings is 2. The van der Waals surface area contributed by atoms with Gasteiger partial charge in [0.2, 0.25) is 5.91 Å². The molecular formula is C20H21BrN2O4S. The molecular weight excluding hydrogens is 444 g/mol. The summed E-state index contributed by atoms with van der Waals surface area (Å²) in [6.07, 6.45) is 2.58. The summed E-state index contributed by atoms with van der Waals surface area (Å²) in [5.41, 5.74) is 2.23. The van der Waals surface area contributed by atoms with Crippen LogP contribution in [0.25, 0.3) is 0 Å². The third kappa shape index (κ3) is 3.28. The molecule has 1 fully saturated rings. The molecule has 1 saturated carbocycles. The summed E-state index contributed by atoms with van der Waals surface area (Å²) < 4.78 is 33.5. The largest absolute Gasteiger partial charge is 0.497 e. The van der Waals surface area contributed by atoms with Gasteiger partial charge in [-0.25, -0.2) is 8.42 Å². The van der Waals surface area contributed by atoms with E-state index >= 15 is 0 Å². The van der Waals surface area contributed by atoms with Gasteiger partial charge in [0.05, 0.1) is 12.8 Å². The van der Waals surface area contributed by atoms with Gasteiger partial charge in [0.1, 0.15) is 10.6 Å².